The highest BCUT2D eigenvalue weighted by Crippen LogP contribution is 2.20. The molecule has 1 amide bonds. The molecule has 1 fully saturated rings. The molecule has 2 N–H and O–H groups in total. The van der Waals surface area contributed by atoms with Crippen LogP contribution in [0.15, 0.2) is 42.5 Å². The first-order valence-electron chi connectivity index (χ1n) is 9.22. The number of amides is 1. The second-order valence-corrected chi connectivity index (χ2v) is 6.57. The van der Waals surface area contributed by atoms with Gasteiger partial charge >= 0.3 is 5.97 Å². The van der Waals surface area contributed by atoms with Crippen LogP contribution in [-0.4, -0.2) is 51.8 Å². The molecule has 0 unspecified atom stereocenters. The molecule has 0 aliphatic carbocycles. The summed E-state index contributed by atoms with van der Waals surface area (Å²) in [6.45, 7) is 5.24. The highest BCUT2D eigenvalue weighted by Gasteiger charge is 2.12. The lowest BCUT2D eigenvalue weighted by molar-refractivity contribution is -0.114. The smallest absolute Gasteiger partial charge is 0.337 e. The molecule has 0 aromatic heterocycles. The number of carbonyl (C=O) groups is 2. The van der Waals surface area contributed by atoms with Crippen molar-refractivity contribution in [2.45, 2.75) is 6.92 Å². The van der Waals surface area contributed by atoms with Crippen LogP contribution in [-0.2, 0) is 14.3 Å². The number of carbonyl (C=O) groups excluding carboxylic acids is 2. The van der Waals surface area contributed by atoms with Gasteiger partial charge in [0.15, 0.2) is 0 Å². The van der Waals surface area contributed by atoms with Gasteiger partial charge in [-0.2, -0.15) is 0 Å². The van der Waals surface area contributed by atoms with E-state index in [0.29, 0.717) is 5.56 Å². The van der Waals surface area contributed by atoms with Gasteiger partial charge in [0.05, 0.1) is 32.4 Å². The number of aryl methyl sites for hydroxylation is 1. The van der Waals surface area contributed by atoms with Gasteiger partial charge in [-0.25, -0.2) is 4.79 Å². The van der Waals surface area contributed by atoms with Gasteiger partial charge in [-0.15, -0.1) is 0 Å². The lowest BCUT2D eigenvalue weighted by Gasteiger charge is -2.28. The van der Waals surface area contributed by atoms with E-state index >= 15 is 0 Å². The van der Waals surface area contributed by atoms with Crippen LogP contribution in [0.25, 0.3) is 0 Å². The van der Waals surface area contributed by atoms with Gasteiger partial charge in [0.25, 0.3) is 0 Å². The minimum atomic E-state index is -0.382. The van der Waals surface area contributed by atoms with E-state index in [-0.39, 0.29) is 18.4 Å². The second-order valence-electron chi connectivity index (χ2n) is 6.57. The monoisotopic (exact) mass is 383 g/mol. The predicted molar refractivity (Wildman–Crippen MR) is 109 cm³/mol. The van der Waals surface area contributed by atoms with Crippen molar-refractivity contribution in [1.29, 1.82) is 0 Å². The molecule has 0 radical (unpaired) electrons. The number of hydrogen-bond donors (Lipinski definition) is 2. The standard InChI is InChI=1S/C21H25N3O4/c1-15-13-16(21(26)27-2)3-8-19(15)22-14-20(25)23-17-4-6-18(7-5-17)24-9-11-28-12-10-24/h3-8,13,22H,9-12,14H2,1-2H3,(H,23,25). The fourth-order valence-corrected chi connectivity index (χ4v) is 3.06. The Morgan fingerprint density at radius 3 is 2.46 bits per heavy atom. The molecule has 0 bridgehead atoms. The number of methoxy groups -OCH3 is 1. The summed E-state index contributed by atoms with van der Waals surface area (Å²) >= 11 is 0. The van der Waals surface area contributed by atoms with Crippen LogP contribution in [0, 0.1) is 6.92 Å². The number of ether oxygens (including phenoxy) is 2. The highest BCUT2D eigenvalue weighted by atomic mass is 16.5. The number of nitrogens with zero attached hydrogens (tertiary/aromatic N) is 1. The maximum absolute atomic E-state index is 12.2. The first-order chi connectivity index (χ1) is 13.6. The van der Waals surface area contributed by atoms with Crippen molar-refractivity contribution in [3.05, 3.63) is 53.6 Å². The molecule has 1 aliphatic rings. The molecular formula is C21H25N3O4. The Hall–Kier alpha value is -3.06. The fraction of sp³-hybridized carbons (Fsp3) is 0.333. The quantitative estimate of drug-likeness (QED) is 0.747. The Morgan fingerprint density at radius 1 is 1.11 bits per heavy atom. The molecule has 28 heavy (non-hydrogen) atoms. The van der Waals surface area contributed by atoms with Crippen molar-refractivity contribution in [1.82, 2.24) is 0 Å². The summed E-state index contributed by atoms with van der Waals surface area (Å²) in [6, 6.07) is 13.0. The van der Waals surface area contributed by atoms with Gasteiger partial charge in [-0.3, -0.25) is 4.79 Å². The van der Waals surface area contributed by atoms with Crippen LogP contribution in [0.5, 0.6) is 0 Å². The number of nitrogens with one attached hydrogen (secondary N) is 2. The Labute approximate surface area is 164 Å². The van der Waals surface area contributed by atoms with Crippen molar-refractivity contribution in [3.63, 3.8) is 0 Å². The summed E-state index contributed by atoms with van der Waals surface area (Å²) in [7, 11) is 1.35. The van der Waals surface area contributed by atoms with E-state index in [2.05, 4.69) is 15.5 Å². The van der Waals surface area contributed by atoms with Crippen LogP contribution in [0.1, 0.15) is 15.9 Å². The Kier molecular flexibility index (Phi) is 6.49. The first kappa shape index (κ1) is 19.7. The van der Waals surface area contributed by atoms with E-state index in [4.69, 9.17) is 9.47 Å². The lowest BCUT2D eigenvalue weighted by Crippen LogP contribution is -2.36. The minimum absolute atomic E-state index is 0.129. The Bertz CT molecular complexity index is 830. The van der Waals surface area contributed by atoms with E-state index in [0.717, 1.165) is 48.9 Å². The maximum Gasteiger partial charge on any atom is 0.337 e. The third-order valence-electron chi connectivity index (χ3n) is 4.61. The molecule has 1 aliphatic heterocycles. The average Bonchev–Trinajstić information content (AvgIpc) is 2.73. The zero-order valence-electron chi connectivity index (χ0n) is 16.2. The van der Waals surface area contributed by atoms with Gasteiger partial charge in [-0.05, 0) is 55.0 Å². The molecule has 1 saturated heterocycles. The SMILES string of the molecule is COC(=O)c1ccc(NCC(=O)Nc2ccc(N3CCOCC3)cc2)c(C)c1. The number of benzene rings is 2. The molecule has 0 spiro atoms. The Balaban J connectivity index is 1.52. The third-order valence-corrected chi connectivity index (χ3v) is 4.61. The molecule has 148 valence electrons. The van der Waals surface area contributed by atoms with E-state index in [9.17, 15) is 9.59 Å². The van der Waals surface area contributed by atoms with Gasteiger partial charge in [0.2, 0.25) is 5.91 Å². The van der Waals surface area contributed by atoms with Crippen molar-refractivity contribution in [3.8, 4) is 0 Å². The number of hydrogen-bond acceptors (Lipinski definition) is 6. The summed E-state index contributed by atoms with van der Waals surface area (Å²) in [4.78, 5) is 26.0. The molecule has 2 aromatic rings. The average molecular weight is 383 g/mol. The highest BCUT2D eigenvalue weighted by molar-refractivity contribution is 5.94. The molecule has 7 nitrogen and oxygen atoms in total. The van der Waals surface area contributed by atoms with Crippen LogP contribution in [0.2, 0.25) is 0 Å². The van der Waals surface area contributed by atoms with Crippen molar-refractivity contribution in [2.24, 2.45) is 0 Å². The maximum atomic E-state index is 12.2. The topological polar surface area (TPSA) is 79.9 Å². The number of rotatable bonds is 6. The zero-order valence-corrected chi connectivity index (χ0v) is 16.2. The van der Waals surface area contributed by atoms with Gasteiger partial charge < -0.3 is 25.0 Å². The van der Waals surface area contributed by atoms with Crippen LogP contribution in [0.3, 0.4) is 0 Å². The summed E-state index contributed by atoms with van der Waals surface area (Å²) in [5, 5.41) is 5.98. The molecule has 3 rings (SSSR count). The van der Waals surface area contributed by atoms with E-state index in [1.165, 1.54) is 7.11 Å². The second kappa shape index (κ2) is 9.23. The van der Waals surface area contributed by atoms with Crippen molar-refractivity contribution < 1.29 is 19.1 Å². The predicted octanol–water partition coefficient (Wildman–Crippen LogP) is 2.67. The van der Waals surface area contributed by atoms with Crippen molar-refractivity contribution in [2.75, 3.05) is 55.5 Å². The van der Waals surface area contributed by atoms with Gasteiger partial charge in [0.1, 0.15) is 0 Å². The van der Waals surface area contributed by atoms with E-state index in [1.54, 1.807) is 18.2 Å². The summed E-state index contributed by atoms with van der Waals surface area (Å²) in [5.41, 5.74) is 4.02. The summed E-state index contributed by atoms with van der Waals surface area (Å²) < 4.78 is 10.1. The van der Waals surface area contributed by atoms with Gasteiger partial charge in [-0.1, -0.05) is 0 Å². The normalized spacial score (nSPS) is 13.7. The summed E-state index contributed by atoms with van der Waals surface area (Å²) in [6.07, 6.45) is 0. The largest absolute Gasteiger partial charge is 0.465 e. The molecule has 0 atom stereocenters. The van der Waals surface area contributed by atoms with Crippen LogP contribution >= 0.6 is 0 Å². The zero-order chi connectivity index (χ0) is 19.9. The minimum Gasteiger partial charge on any atom is -0.465 e. The lowest BCUT2D eigenvalue weighted by atomic mass is 10.1. The first-order valence-corrected chi connectivity index (χ1v) is 9.22. The van der Waals surface area contributed by atoms with Crippen LogP contribution in [0.4, 0.5) is 17.1 Å². The molecule has 7 heteroatoms. The number of morpholine rings is 1. The Morgan fingerprint density at radius 2 is 1.82 bits per heavy atom. The van der Waals surface area contributed by atoms with Gasteiger partial charge in [0, 0.05) is 30.2 Å². The number of esters is 1. The molecule has 2 aromatic carbocycles. The molecular weight excluding hydrogens is 358 g/mol. The van der Waals surface area contributed by atoms with Crippen molar-refractivity contribution >= 4 is 28.9 Å². The fourth-order valence-electron chi connectivity index (χ4n) is 3.06. The van der Waals surface area contributed by atoms with Crippen LogP contribution < -0.4 is 15.5 Å². The molecule has 0 saturated carbocycles. The van der Waals surface area contributed by atoms with E-state index in [1.807, 2.05) is 31.2 Å². The molecule has 1 heterocycles. The summed E-state index contributed by atoms with van der Waals surface area (Å²) in [5.74, 6) is -0.525. The third kappa shape index (κ3) is 5.01. The van der Waals surface area contributed by atoms with E-state index < -0.39 is 0 Å². The number of anilines is 3.